The van der Waals surface area contributed by atoms with Crippen molar-refractivity contribution in [2.45, 2.75) is 242 Å². The number of phenols is 1. The Kier molecular flexibility index (Phi) is 36.0. The second-order valence-electron chi connectivity index (χ2n) is 33.5. The number of carbonyl (C=O) groups excluding carboxylic acids is 16. The Morgan fingerprint density at radius 3 is 1.56 bits per heavy atom. The number of rotatable bonds is 48. The molecule has 682 valence electrons. The van der Waals surface area contributed by atoms with Crippen LogP contribution in [0.4, 0.5) is 0 Å². The van der Waals surface area contributed by atoms with Crippen molar-refractivity contribution in [1.29, 1.82) is 0 Å². The monoisotopic (exact) mass is 1750 g/mol. The number of amides is 15. The zero-order valence-electron chi connectivity index (χ0n) is 72.0. The minimum absolute atomic E-state index is 0.00738. The highest BCUT2D eigenvalue weighted by Crippen LogP contribution is 2.26. The number of likely N-dealkylation sites (tertiary alicyclic amines) is 2. The average molecular weight is 1750 g/mol. The van der Waals surface area contributed by atoms with Gasteiger partial charge in [0, 0.05) is 92.0 Å². The molecular weight excluding hydrogens is 1630 g/mol. The Bertz CT molecular complexity index is 4820. The molecule has 14 atom stereocenters. The van der Waals surface area contributed by atoms with Crippen molar-refractivity contribution in [3.63, 3.8) is 0 Å². The first-order valence-corrected chi connectivity index (χ1v) is 43.1. The lowest BCUT2D eigenvalue weighted by molar-refractivity contribution is -0.143. The van der Waals surface area contributed by atoms with E-state index in [4.69, 9.17) is 27.7 Å². The van der Waals surface area contributed by atoms with E-state index in [2.05, 4.69) is 78.4 Å². The second kappa shape index (κ2) is 46.8. The van der Waals surface area contributed by atoms with Gasteiger partial charge in [-0.1, -0.05) is 96.5 Å². The van der Waals surface area contributed by atoms with Crippen LogP contribution in [-0.4, -0.2) is 241 Å². The fourth-order valence-corrected chi connectivity index (χ4v) is 15.8. The van der Waals surface area contributed by atoms with Crippen molar-refractivity contribution in [3.8, 4) is 5.75 Å². The number of aromatic hydroxyl groups is 1. The third-order valence-electron chi connectivity index (χ3n) is 22.8. The Labute approximate surface area is 729 Å². The molecule has 0 aliphatic carbocycles. The summed E-state index contributed by atoms with van der Waals surface area (Å²) in [5.41, 5.74) is 27.5. The van der Waals surface area contributed by atoms with Crippen molar-refractivity contribution >= 4 is 116 Å². The van der Waals surface area contributed by atoms with Crippen molar-refractivity contribution < 1.29 is 86.6 Å². The molecule has 23 N–H and O–H groups in total. The summed E-state index contributed by atoms with van der Waals surface area (Å²) in [6.45, 7) is 10.2. The van der Waals surface area contributed by atoms with E-state index in [9.17, 15) is 77.0 Å². The Balaban J connectivity index is 0.846. The maximum atomic E-state index is 15.1. The normalized spacial score (nSPS) is 17.6. The number of nitrogens with one attached hydrogen (secondary N) is 14. The Hall–Kier alpha value is -12.8. The number of para-hydroxylation sites is 2. The first-order chi connectivity index (χ1) is 60.2. The van der Waals surface area contributed by atoms with Crippen LogP contribution in [0.25, 0.3) is 21.8 Å². The molecule has 3 aromatic heterocycles. The number of nitrogens with two attached hydrogens (primary N) is 4. The van der Waals surface area contributed by atoms with Crippen LogP contribution in [0.2, 0.25) is 0 Å². The van der Waals surface area contributed by atoms with Gasteiger partial charge in [0.15, 0.2) is 0 Å². The van der Waals surface area contributed by atoms with Gasteiger partial charge in [0.1, 0.15) is 78.3 Å². The average Bonchev–Trinajstić information content (AvgIpc) is 1.62. The summed E-state index contributed by atoms with van der Waals surface area (Å²) >= 11 is 0. The van der Waals surface area contributed by atoms with Crippen LogP contribution >= 0.6 is 0 Å². The fourth-order valence-electron chi connectivity index (χ4n) is 15.8. The Morgan fingerprint density at radius 2 is 1.02 bits per heavy atom. The molecule has 1 unspecified atom stereocenters. The lowest BCUT2D eigenvalue weighted by atomic mass is 9.96. The van der Waals surface area contributed by atoms with Gasteiger partial charge in [0.05, 0.1) is 31.2 Å². The van der Waals surface area contributed by atoms with Gasteiger partial charge in [-0.15, -0.1) is 0 Å². The highest BCUT2D eigenvalue weighted by molar-refractivity contribution is 6.01. The number of carbonyl (C=O) groups is 16. The van der Waals surface area contributed by atoms with Gasteiger partial charge in [-0.3, -0.25) is 71.9 Å². The van der Waals surface area contributed by atoms with Crippen LogP contribution in [0, 0.1) is 17.8 Å². The molecule has 3 fully saturated rings. The number of aromatic nitrogens is 4. The number of cyclic esters (lactones) is 1. The summed E-state index contributed by atoms with van der Waals surface area (Å²) < 4.78 is 5.01. The number of nitrogens with zero attached hydrogens (tertiary/aromatic N) is 3. The number of phenolic OH excluding ortho intramolecular Hbond substituents is 1. The minimum atomic E-state index is -1.58. The predicted octanol–water partition coefficient (Wildman–Crippen LogP) is -0.633. The number of imidazole rings is 1. The maximum Gasteiger partial charge on any atom is 0.328 e. The van der Waals surface area contributed by atoms with E-state index in [-0.39, 0.29) is 121 Å². The number of ether oxygens (including phenoxy) is 1. The van der Waals surface area contributed by atoms with E-state index in [0.29, 0.717) is 48.9 Å². The smallest absolute Gasteiger partial charge is 0.328 e. The van der Waals surface area contributed by atoms with Crippen LogP contribution in [-0.2, 0) is 107 Å². The SMILES string of the molecule is CC[C@H](C)[C@H](NC(=O)[C@@H]1CCCN1C(=O)[C@H](CCC(N)=O)NC(=O)CNC(=O)[C@@H]1CCCN1C(=O)[C@H](CCCCN)NC(=O)[C@H](CC(C)C)NC(=O)[C@H](CCC(N)=O)NC(=O)[C@H](CC(C)C)NC(=O)[C@H](Cc1c[nH]c2ccccc12)NC(=O)[C@H](Cc1c[nH]cn1)NC(=O)[C@@H](N)Cc1c[nH]c2ccccc12)C(=O)N[C@@H](Cc1ccc(O)cc1)C(=O)NC1CCOC1=O. The lowest BCUT2D eigenvalue weighted by Crippen LogP contribution is -2.61. The molecule has 0 saturated carbocycles. The summed E-state index contributed by atoms with van der Waals surface area (Å²) in [5.74, 6) is -13.8. The second-order valence-corrected chi connectivity index (χ2v) is 33.5. The van der Waals surface area contributed by atoms with Gasteiger partial charge in [0.2, 0.25) is 88.6 Å². The van der Waals surface area contributed by atoms with E-state index < -0.39 is 198 Å². The number of esters is 1. The van der Waals surface area contributed by atoms with E-state index in [0.717, 1.165) is 27.4 Å². The zero-order chi connectivity index (χ0) is 91.4. The van der Waals surface area contributed by atoms with Crippen LogP contribution in [0.3, 0.4) is 0 Å². The molecule has 3 aliphatic heterocycles. The molecule has 6 heterocycles. The van der Waals surface area contributed by atoms with Crippen molar-refractivity contribution in [1.82, 2.24) is 88.2 Å². The quantitative estimate of drug-likeness (QED) is 0.0167. The topological polar surface area (TPSA) is 606 Å². The third kappa shape index (κ3) is 27.8. The largest absolute Gasteiger partial charge is 0.508 e. The molecule has 0 bridgehead atoms. The molecule has 126 heavy (non-hydrogen) atoms. The summed E-state index contributed by atoms with van der Waals surface area (Å²) in [6, 6.07) is 3.69. The van der Waals surface area contributed by atoms with Crippen LogP contribution < -0.4 is 81.4 Å². The molecule has 6 aromatic rings. The summed E-state index contributed by atoms with van der Waals surface area (Å²) in [7, 11) is 0. The van der Waals surface area contributed by atoms with E-state index in [1.807, 2.05) is 42.5 Å². The van der Waals surface area contributed by atoms with Crippen LogP contribution in [0.15, 0.2) is 97.7 Å². The first kappa shape index (κ1) is 97.0. The first-order valence-electron chi connectivity index (χ1n) is 43.1. The van der Waals surface area contributed by atoms with E-state index in [1.54, 1.807) is 78.3 Å². The molecule has 39 heteroatoms. The highest BCUT2D eigenvalue weighted by Gasteiger charge is 2.44. The summed E-state index contributed by atoms with van der Waals surface area (Å²) in [6.07, 6.45) is 6.66. The molecule has 9 rings (SSSR count). The van der Waals surface area contributed by atoms with E-state index >= 15 is 4.79 Å². The number of fused-ring (bicyclic) bond motifs is 2. The van der Waals surface area contributed by atoms with Crippen LogP contribution in [0.5, 0.6) is 5.75 Å². The van der Waals surface area contributed by atoms with Gasteiger partial charge >= 0.3 is 5.97 Å². The molecule has 15 amide bonds. The zero-order valence-corrected chi connectivity index (χ0v) is 72.0. The molecular formula is C87H121N21O18. The molecule has 39 nitrogen and oxygen atoms in total. The van der Waals surface area contributed by atoms with Crippen molar-refractivity contribution in [3.05, 3.63) is 120 Å². The van der Waals surface area contributed by atoms with Crippen molar-refractivity contribution in [2.24, 2.45) is 40.7 Å². The van der Waals surface area contributed by atoms with E-state index in [1.165, 1.54) is 28.3 Å². The summed E-state index contributed by atoms with van der Waals surface area (Å²) in [4.78, 5) is 242. The maximum absolute atomic E-state index is 15.1. The van der Waals surface area contributed by atoms with Gasteiger partial charge < -0.3 is 116 Å². The molecule has 3 saturated heterocycles. The number of hydrogen-bond donors (Lipinski definition) is 19. The third-order valence-corrected chi connectivity index (χ3v) is 22.8. The van der Waals surface area contributed by atoms with Gasteiger partial charge in [-0.05, 0) is 142 Å². The summed E-state index contributed by atoms with van der Waals surface area (Å²) in [5, 5.41) is 41.4. The number of aromatic amines is 3. The fraction of sp³-hybridized carbons (Fsp3) is 0.529. The number of benzene rings is 3. The number of H-pyrrole nitrogens is 3. The molecule has 0 spiro atoms. The number of unbranched alkanes of at least 4 members (excludes halogenated alkanes) is 1. The predicted molar refractivity (Wildman–Crippen MR) is 462 cm³/mol. The van der Waals surface area contributed by atoms with Gasteiger partial charge in [-0.25, -0.2) is 9.78 Å². The Morgan fingerprint density at radius 1 is 0.532 bits per heavy atom. The van der Waals surface area contributed by atoms with Crippen molar-refractivity contribution in [2.75, 3.05) is 32.8 Å². The number of primary amides is 2. The minimum Gasteiger partial charge on any atom is -0.508 e. The molecule has 3 aromatic carbocycles. The van der Waals surface area contributed by atoms with Gasteiger partial charge in [0.25, 0.3) is 0 Å². The molecule has 3 aliphatic rings. The highest BCUT2D eigenvalue weighted by atomic mass is 16.5. The number of hydrogen-bond acceptors (Lipinski definition) is 21. The van der Waals surface area contributed by atoms with Crippen LogP contribution in [0.1, 0.15) is 160 Å². The van der Waals surface area contributed by atoms with Gasteiger partial charge in [-0.2, -0.15) is 0 Å². The standard InChI is InChI=1S/C87H121N21O18/c1-7-49(6)74(84(122)105-66(38-50-23-25-54(109)26-24-50)79(117)100-63-31-35-126-87(63)125)106-83(121)70-22-15-34-108(70)86(124)62(28-30-72(91)111)97-73(112)45-95-82(120)69-21-14-33-107(69)85(123)61(20-12-13-32-88)99-78(116)65(37-48(4)5)102-76(114)60(27-29-71(90)110)98-77(115)64(36-47(2)3)103-80(118)67(40-52-43-94-59-19-11-9-17-56(52)59)104-81(119)68(41-53-44-92-46-96-53)101-75(113)57(89)39-51-42-93-58-18-10-8-16-55(51)58/h8-11,16-19,23-26,42-44,46-49,57,60-70,74,93-94,109H,7,12-15,20-22,27-41,45,88-89H2,1-6H3,(H2,90,110)(H2,91,111)(H,92,96)(H,95,120)(H,97,112)(H,98,115)(H,99,116)(H,100,117)(H,101,113)(H,102,114)(H,103,118)(H,104,119)(H,105,122)(H,106,121)/t49-,57-,60-,61-,62-,63?,64-,65-,66-,67-,68-,69-,70-,74-/m0/s1. The molecule has 0 radical (unpaired) electrons. The lowest BCUT2D eigenvalue weighted by Gasteiger charge is -2.31.